The molecule has 7 heteroatoms. The SMILES string of the molecule is Cc1cc(CCl)cc(S(=O)(=O)N2CCN(C)C(C)C2)c1Br. The van der Waals surface area contributed by atoms with Gasteiger partial charge in [0.25, 0.3) is 0 Å². The van der Waals surface area contributed by atoms with Crippen molar-refractivity contribution in [1.29, 1.82) is 0 Å². The zero-order valence-electron chi connectivity index (χ0n) is 12.4. The molecule has 0 spiro atoms. The van der Waals surface area contributed by atoms with Crippen LogP contribution in [-0.2, 0) is 15.9 Å². The maximum Gasteiger partial charge on any atom is 0.244 e. The molecule has 1 fully saturated rings. The summed E-state index contributed by atoms with van der Waals surface area (Å²) in [7, 11) is -1.49. The Hall–Kier alpha value is -0.140. The van der Waals surface area contributed by atoms with Crippen molar-refractivity contribution in [3.05, 3.63) is 27.7 Å². The van der Waals surface area contributed by atoms with Gasteiger partial charge in [-0.05, 0) is 54.0 Å². The summed E-state index contributed by atoms with van der Waals surface area (Å²) in [5.41, 5.74) is 1.70. The molecule has 2 rings (SSSR count). The highest BCUT2D eigenvalue weighted by atomic mass is 79.9. The van der Waals surface area contributed by atoms with Gasteiger partial charge in [-0.25, -0.2) is 8.42 Å². The van der Waals surface area contributed by atoms with Gasteiger partial charge in [0.2, 0.25) is 10.0 Å². The van der Waals surface area contributed by atoms with E-state index >= 15 is 0 Å². The second-order valence-corrected chi connectivity index (χ2v) is 8.52. The molecule has 0 saturated carbocycles. The molecular weight excluding hydrogens is 376 g/mol. The molecule has 1 unspecified atom stereocenters. The Labute approximate surface area is 140 Å². The Morgan fingerprint density at radius 2 is 2.05 bits per heavy atom. The monoisotopic (exact) mass is 394 g/mol. The summed E-state index contributed by atoms with van der Waals surface area (Å²) in [5, 5.41) is 0. The topological polar surface area (TPSA) is 40.6 Å². The van der Waals surface area contributed by atoms with E-state index in [2.05, 4.69) is 20.8 Å². The predicted molar refractivity (Wildman–Crippen MR) is 89.3 cm³/mol. The summed E-state index contributed by atoms with van der Waals surface area (Å²) in [6.07, 6.45) is 0. The summed E-state index contributed by atoms with van der Waals surface area (Å²) in [6.45, 7) is 5.68. The van der Waals surface area contributed by atoms with E-state index in [1.165, 1.54) is 0 Å². The van der Waals surface area contributed by atoms with Crippen LogP contribution in [0.1, 0.15) is 18.1 Å². The molecule has 1 aromatic carbocycles. The van der Waals surface area contributed by atoms with Crippen LogP contribution in [0.4, 0.5) is 0 Å². The number of piperazine rings is 1. The van der Waals surface area contributed by atoms with Gasteiger partial charge in [0, 0.05) is 36.0 Å². The highest BCUT2D eigenvalue weighted by molar-refractivity contribution is 9.10. The fourth-order valence-electron chi connectivity index (χ4n) is 2.45. The van der Waals surface area contributed by atoms with Gasteiger partial charge >= 0.3 is 0 Å². The van der Waals surface area contributed by atoms with E-state index in [1.807, 2.05) is 27.0 Å². The smallest absolute Gasteiger partial charge is 0.244 e. The van der Waals surface area contributed by atoms with Gasteiger partial charge in [-0.2, -0.15) is 4.31 Å². The first-order valence-electron chi connectivity index (χ1n) is 6.82. The van der Waals surface area contributed by atoms with Gasteiger partial charge in [0.05, 0.1) is 4.90 Å². The molecule has 0 N–H and O–H groups in total. The van der Waals surface area contributed by atoms with Gasteiger partial charge in [0.15, 0.2) is 0 Å². The van der Waals surface area contributed by atoms with Crippen molar-refractivity contribution in [2.75, 3.05) is 26.7 Å². The van der Waals surface area contributed by atoms with E-state index in [9.17, 15) is 8.42 Å². The molecule has 0 bridgehead atoms. The minimum atomic E-state index is -3.50. The van der Waals surface area contributed by atoms with Crippen LogP contribution >= 0.6 is 27.5 Å². The van der Waals surface area contributed by atoms with Crippen LogP contribution in [0.3, 0.4) is 0 Å². The molecule has 4 nitrogen and oxygen atoms in total. The van der Waals surface area contributed by atoms with E-state index in [0.717, 1.165) is 17.7 Å². The molecule has 0 radical (unpaired) electrons. The second kappa shape index (κ2) is 6.54. The molecular formula is C14H20BrClN2O2S. The van der Waals surface area contributed by atoms with Crippen LogP contribution in [-0.4, -0.2) is 50.3 Å². The van der Waals surface area contributed by atoms with Crippen LogP contribution in [0.25, 0.3) is 0 Å². The minimum Gasteiger partial charge on any atom is -0.301 e. The van der Waals surface area contributed by atoms with Crippen molar-refractivity contribution >= 4 is 37.6 Å². The molecule has 21 heavy (non-hydrogen) atoms. The second-order valence-electron chi connectivity index (χ2n) is 5.55. The molecule has 1 atom stereocenters. The predicted octanol–water partition coefficient (Wildman–Crippen LogP) is 2.82. The van der Waals surface area contributed by atoms with Crippen molar-refractivity contribution in [2.45, 2.75) is 30.7 Å². The number of halogens is 2. The van der Waals surface area contributed by atoms with E-state index < -0.39 is 10.0 Å². The average molecular weight is 396 g/mol. The Kier molecular flexibility index (Phi) is 5.36. The van der Waals surface area contributed by atoms with E-state index in [4.69, 9.17) is 11.6 Å². The van der Waals surface area contributed by atoms with Crippen LogP contribution < -0.4 is 0 Å². The molecule has 1 aliphatic heterocycles. The van der Waals surface area contributed by atoms with Crippen LogP contribution in [0.2, 0.25) is 0 Å². The number of hydrogen-bond donors (Lipinski definition) is 0. The summed E-state index contributed by atoms with van der Waals surface area (Å²) < 4.78 is 28.0. The first kappa shape index (κ1) is 17.2. The molecule has 0 amide bonds. The fraction of sp³-hybridized carbons (Fsp3) is 0.571. The summed E-state index contributed by atoms with van der Waals surface area (Å²) >= 11 is 9.28. The van der Waals surface area contributed by atoms with Crippen LogP contribution in [0.5, 0.6) is 0 Å². The lowest BCUT2D eigenvalue weighted by Crippen LogP contribution is -2.51. The number of rotatable bonds is 3. The zero-order chi connectivity index (χ0) is 15.8. The Morgan fingerprint density at radius 1 is 1.38 bits per heavy atom. The number of aryl methyl sites for hydroxylation is 1. The molecule has 1 saturated heterocycles. The van der Waals surface area contributed by atoms with E-state index in [-0.39, 0.29) is 6.04 Å². The van der Waals surface area contributed by atoms with Gasteiger partial charge in [0.1, 0.15) is 0 Å². The minimum absolute atomic E-state index is 0.213. The molecule has 118 valence electrons. The van der Waals surface area contributed by atoms with Crippen LogP contribution in [0.15, 0.2) is 21.5 Å². The van der Waals surface area contributed by atoms with Crippen molar-refractivity contribution in [1.82, 2.24) is 9.21 Å². The lowest BCUT2D eigenvalue weighted by atomic mass is 10.2. The van der Waals surface area contributed by atoms with Crippen molar-refractivity contribution < 1.29 is 8.42 Å². The molecule has 0 aromatic heterocycles. The van der Waals surface area contributed by atoms with Gasteiger partial charge in [-0.3, -0.25) is 0 Å². The number of likely N-dealkylation sites (N-methyl/N-ethyl adjacent to an activating group) is 1. The van der Waals surface area contributed by atoms with E-state index in [1.54, 1.807) is 10.4 Å². The number of alkyl halides is 1. The maximum atomic E-state index is 12.9. The third kappa shape index (κ3) is 3.45. The number of nitrogens with zero attached hydrogens (tertiary/aromatic N) is 2. The largest absolute Gasteiger partial charge is 0.301 e. The molecule has 1 heterocycles. The quantitative estimate of drug-likeness (QED) is 0.739. The van der Waals surface area contributed by atoms with Crippen molar-refractivity contribution in [2.24, 2.45) is 0 Å². The number of sulfonamides is 1. The third-order valence-electron chi connectivity index (χ3n) is 3.98. The first-order valence-corrected chi connectivity index (χ1v) is 9.59. The van der Waals surface area contributed by atoms with E-state index in [0.29, 0.717) is 28.3 Å². The molecule has 1 aliphatic rings. The maximum absolute atomic E-state index is 12.9. The lowest BCUT2D eigenvalue weighted by molar-refractivity contribution is 0.159. The highest BCUT2D eigenvalue weighted by Crippen LogP contribution is 2.31. The highest BCUT2D eigenvalue weighted by Gasteiger charge is 2.32. The Balaban J connectivity index is 2.42. The van der Waals surface area contributed by atoms with Gasteiger partial charge in [-0.1, -0.05) is 6.07 Å². The average Bonchev–Trinajstić information content (AvgIpc) is 2.44. The van der Waals surface area contributed by atoms with Crippen LogP contribution in [0, 0.1) is 6.92 Å². The third-order valence-corrected chi connectivity index (χ3v) is 7.49. The number of hydrogen-bond acceptors (Lipinski definition) is 3. The molecule has 1 aromatic rings. The van der Waals surface area contributed by atoms with Crippen molar-refractivity contribution in [3.63, 3.8) is 0 Å². The Bertz CT molecular complexity index is 636. The Morgan fingerprint density at radius 3 is 2.62 bits per heavy atom. The van der Waals surface area contributed by atoms with Gasteiger partial charge < -0.3 is 4.90 Å². The summed E-state index contributed by atoms with van der Waals surface area (Å²) in [5.74, 6) is 0.301. The van der Waals surface area contributed by atoms with Gasteiger partial charge in [-0.15, -0.1) is 11.6 Å². The standard InChI is InChI=1S/C14H20BrClN2O2S/c1-10-6-12(8-16)7-13(14(10)15)21(19,20)18-5-4-17(3)11(2)9-18/h6-7,11H,4-5,8-9H2,1-3H3. The zero-order valence-corrected chi connectivity index (χ0v) is 15.6. The normalized spacial score (nSPS) is 21.7. The number of benzene rings is 1. The fourth-order valence-corrected chi connectivity index (χ4v) is 5.14. The summed E-state index contributed by atoms with van der Waals surface area (Å²) in [6, 6.07) is 3.79. The lowest BCUT2D eigenvalue weighted by Gasteiger charge is -2.37. The molecule has 0 aliphatic carbocycles. The van der Waals surface area contributed by atoms with Crippen molar-refractivity contribution in [3.8, 4) is 0 Å². The first-order chi connectivity index (χ1) is 9.77. The summed E-state index contributed by atoms with van der Waals surface area (Å²) in [4.78, 5) is 2.48.